The molecular formula is C78H112BBr4ClF2FeN12O16. The van der Waals surface area contributed by atoms with Gasteiger partial charge in [0.1, 0.15) is 30.4 Å². The number of likely N-dealkylation sites (tertiary alicyclic amines) is 1. The second-order valence-corrected chi connectivity index (χ2v) is 35.6. The van der Waals surface area contributed by atoms with Crippen molar-refractivity contribution in [1.29, 1.82) is 0 Å². The van der Waals surface area contributed by atoms with Crippen LogP contribution in [0.1, 0.15) is 101 Å². The molecule has 640 valence electrons. The number of nitro groups is 3. The van der Waals surface area contributed by atoms with Crippen molar-refractivity contribution in [2.75, 3.05) is 167 Å². The van der Waals surface area contributed by atoms with Crippen LogP contribution in [-0.2, 0) is 61.5 Å². The minimum absolute atomic E-state index is 0. The quantitative estimate of drug-likeness (QED) is 0.0219. The Morgan fingerprint density at radius 1 is 0.565 bits per heavy atom. The molecule has 115 heavy (non-hydrogen) atoms. The van der Waals surface area contributed by atoms with Crippen molar-refractivity contribution >= 4 is 145 Å². The van der Waals surface area contributed by atoms with Gasteiger partial charge in [0, 0.05) is 156 Å². The molecule has 11 rings (SSSR count). The summed E-state index contributed by atoms with van der Waals surface area (Å²) in [7, 11) is 7.40. The first-order valence-electron chi connectivity index (χ1n) is 37.5. The molecule has 5 aromatic rings. The van der Waals surface area contributed by atoms with E-state index in [4.69, 9.17) is 46.0 Å². The number of piperidine rings is 1. The number of esters is 2. The number of hydrogen-bond acceptors (Lipinski definition) is 25. The number of carbonyl (C=O) groups excluding carboxylic acids is 3. The van der Waals surface area contributed by atoms with Gasteiger partial charge >= 0.3 is 24.7 Å². The number of rotatable bonds is 15. The number of halogens is 7. The largest absolute Gasteiger partial charge is 0.497 e. The Labute approximate surface area is 724 Å². The van der Waals surface area contributed by atoms with E-state index in [1.807, 2.05) is 103 Å². The Morgan fingerprint density at radius 2 is 0.965 bits per heavy atom. The van der Waals surface area contributed by atoms with E-state index >= 15 is 0 Å². The van der Waals surface area contributed by atoms with Crippen molar-refractivity contribution in [3.63, 3.8) is 0 Å². The fourth-order valence-electron chi connectivity index (χ4n) is 12.1. The van der Waals surface area contributed by atoms with Crippen molar-refractivity contribution in [1.82, 2.24) is 24.5 Å². The second-order valence-electron chi connectivity index (χ2n) is 31.6. The zero-order valence-corrected chi connectivity index (χ0v) is 76.4. The maximum Gasteiger partial charge on any atom is 0.497 e. The van der Waals surface area contributed by atoms with E-state index in [2.05, 4.69) is 107 Å². The van der Waals surface area contributed by atoms with E-state index in [0.717, 1.165) is 112 Å². The third kappa shape index (κ3) is 32.5. The fraction of sp³-hybridized carbons (Fsp3) is 0.577. The molecule has 37 heteroatoms. The van der Waals surface area contributed by atoms with Crippen LogP contribution in [0, 0.1) is 52.8 Å². The smallest absolute Gasteiger partial charge is 0.464 e. The molecular weight excluding hydrogens is 1820 g/mol. The molecule has 0 bridgehead atoms. The number of ether oxygens (including phenoxy) is 3. The van der Waals surface area contributed by atoms with Gasteiger partial charge in [-0.2, -0.15) is 4.39 Å². The Bertz CT molecular complexity index is 4000. The number of morpholine rings is 1. The molecule has 0 amide bonds. The summed E-state index contributed by atoms with van der Waals surface area (Å²) in [5.74, 6) is -1.58. The molecule has 4 atom stereocenters. The van der Waals surface area contributed by atoms with E-state index in [9.17, 15) is 58.6 Å². The molecule has 6 heterocycles. The van der Waals surface area contributed by atoms with Crippen molar-refractivity contribution < 1.29 is 88.7 Å². The van der Waals surface area contributed by atoms with E-state index < -0.39 is 40.2 Å². The number of nitro benzene ring substituents is 3. The zero-order chi connectivity index (χ0) is 85.3. The summed E-state index contributed by atoms with van der Waals surface area (Å²) in [5, 5.41) is 50.5. The fourth-order valence-corrected chi connectivity index (χ4v) is 13.6. The van der Waals surface area contributed by atoms with Crippen LogP contribution in [0.5, 0.6) is 0 Å². The van der Waals surface area contributed by atoms with E-state index in [1.54, 1.807) is 45.0 Å². The number of nitrogens with zero attached hydrogens (tertiary/aromatic N) is 11. The molecule has 4 N–H and O–H groups in total. The van der Waals surface area contributed by atoms with Gasteiger partial charge in [-0.1, -0.05) is 103 Å². The number of anilines is 4. The summed E-state index contributed by atoms with van der Waals surface area (Å²) in [6.45, 7) is 33.2. The van der Waals surface area contributed by atoms with Gasteiger partial charge in [-0.25, -0.2) is 4.39 Å². The van der Waals surface area contributed by atoms with Crippen LogP contribution < -0.4 is 25.9 Å². The predicted octanol–water partition coefficient (Wildman–Crippen LogP) is 13.0. The maximum absolute atomic E-state index is 14.3. The molecule has 6 aliphatic heterocycles. The van der Waals surface area contributed by atoms with Crippen LogP contribution in [0.2, 0.25) is 0 Å². The number of aliphatic hydroxyl groups excluding tert-OH is 2. The molecule has 0 aromatic heterocycles. The molecule has 6 saturated heterocycles. The Morgan fingerprint density at radius 3 is 1.37 bits per heavy atom. The number of nitrogen functional groups attached to an aromatic ring is 1. The van der Waals surface area contributed by atoms with Gasteiger partial charge in [-0.05, 0) is 174 Å². The Kier molecular flexibility index (Phi) is 41.9. The van der Waals surface area contributed by atoms with Crippen LogP contribution in [0.3, 0.4) is 0 Å². The number of hydrogen-bond donors (Lipinski definition) is 3. The van der Waals surface area contributed by atoms with Crippen LogP contribution in [0.4, 0.5) is 48.6 Å². The molecule has 4 unspecified atom stereocenters. The zero-order valence-electron chi connectivity index (χ0n) is 68.2. The van der Waals surface area contributed by atoms with Crippen LogP contribution in [0.15, 0.2) is 109 Å². The van der Waals surface area contributed by atoms with Crippen molar-refractivity contribution in [2.45, 2.75) is 137 Å². The van der Waals surface area contributed by atoms with Gasteiger partial charge in [-0.3, -0.25) is 64.3 Å². The van der Waals surface area contributed by atoms with Crippen LogP contribution in [0.25, 0.3) is 0 Å². The summed E-state index contributed by atoms with van der Waals surface area (Å²) in [5.41, 5.74) is 8.43. The standard InChI is InChI=1S/C17H25BFNO3.C17H24BrN3O4.C14H20BrN3O2.C12H16BrN3O3.C7H15NO.C6H3BrFNO2.C5H9ClO.Fe/c1-16(2)17(3,4)23-18(22-16)14-11-13(5-6-15(14)19)12-20-7-9-21-10-8-20;1-17(2,3)16(22)25-11-13-10-20(8-7-19(13)4)14-6-5-12(18)9-15(14)21(23)24;1-10(19)20-9-12-8-18(6-5-17(12)2)14-4-3-11(15)7-13(14)16;1-14-4-5-15(7-10(14)8-17)11-3-2-9(13)6-12(11)16(18)19;1-8-5-3-2-4-7(8)6-9;7-4-1-2-5(8)6(3-4)9(10)11;1-5(2,3)4(6)7;/h5-6,11H,7-10,12H2,1-4H3;5-6,9,13H,7-8,10-11H2,1-4H3;3-4,7,12H,5-6,8-9,16H2,1-2H3;2-3,6,10,17H,4-5,7-8H2,1H3;7,9H,2-6H2,1H3;1-3H;1-3H3;. The summed E-state index contributed by atoms with van der Waals surface area (Å²) < 4.78 is 57.6. The summed E-state index contributed by atoms with van der Waals surface area (Å²) in [6, 6.07) is 25.5. The van der Waals surface area contributed by atoms with Gasteiger partial charge < -0.3 is 59.1 Å². The van der Waals surface area contributed by atoms with Gasteiger partial charge in [0.15, 0.2) is 0 Å². The van der Waals surface area contributed by atoms with Crippen LogP contribution in [-0.4, -0.2) is 256 Å². The normalized spacial score (nSPS) is 19.8. The molecule has 0 spiro atoms. The molecule has 6 fully saturated rings. The predicted molar refractivity (Wildman–Crippen MR) is 457 cm³/mol. The van der Waals surface area contributed by atoms with E-state index in [-0.39, 0.29) is 98.0 Å². The molecule has 5 aromatic carbocycles. The van der Waals surface area contributed by atoms with E-state index in [1.165, 1.54) is 50.5 Å². The number of aliphatic hydroxyl groups is 2. The number of benzene rings is 5. The van der Waals surface area contributed by atoms with Gasteiger partial charge in [0.05, 0.1) is 87.3 Å². The van der Waals surface area contributed by atoms with Crippen molar-refractivity contribution in [3.8, 4) is 0 Å². The second kappa shape index (κ2) is 47.4. The number of carbonyl (C=O) groups is 3. The topological polar surface area (TPSA) is 319 Å². The van der Waals surface area contributed by atoms with Crippen molar-refractivity contribution in [2.24, 2.45) is 10.8 Å². The molecule has 0 aliphatic carbocycles. The summed E-state index contributed by atoms with van der Waals surface area (Å²) in [4.78, 5) is 81.5. The monoisotopic (exact) mass is 1930 g/mol. The first-order chi connectivity index (χ1) is 53.3. The minimum Gasteiger partial charge on any atom is -0.464 e. The minimum atomic E-state index is -0.821. The number of nitrogens with two attached hydrogens (primary N) is 1. The Balaban J connectivity index is 0.000000292. The molecule has 28 nitrogen and oxygen atoms in total. The van der Waals surface area contributed by atoms with Crippen molar-refractivity contribution in [3.05, 3.63) is 156 Å². The average molecular weight is 1930 g/mol. The molecule has 0 radical (unpaired) electrons. The average Bonchev–Trinajstić information content (AvgIpc) is 1.63. The van der Waals surface area contributed by atoms with Gasteiger partial charge in [-0.15, -0.1) is 0 Å². The first-order valence-corrected chi connectivity index (χ1v) is 41.1. The molecule has 0 saturated carbocycles. The third-order valence-electron chi connectivity index (χ3n) is 20.2. The number of likely N-dealkylation sites (N-methyl/N-ethyl adjacent to an activating group) is 4. The van der Waals surface area contributed by atoms with Gasteiger partial charge in [0.25, 0.3) is 11.4 Å². The van der Waals surface area contributed by atoms with E-state index in [0.29, 0.717) is 69.1 Å². The maximum atomic E-state index is 14.3. The third-order valence-corrected chi connectivity index (χ3v) is 22.8. The Hall–Kier alpha value is -5.64. The summed E-state index contributed by atoms with van der Waals surface area (Å²) in [6.07, 6.45) is 3.76. The number of piperazine rings is 3. The van der Waals surface area contributed by atoms with Crippen LogP contribution >= 0.6 is 75.3 Å². The SMILES string of the molecule is CC(=O)OCC1CN(c2ccc(Br)cc2N)CCN1C.CC(C)(C)C(=O)Cl.CC1(C)OB(c2cc(CN3CCOCC3)ccc2F)OC1(C)C.CN1CCCCC1CO.CN1CCN(c2ccc(Br)cc2[N+](=O)[O-])CC1CO.CN1CCN(c2ccc(Br)cc2[N+](=O)[O-])CC1COC(=O)C(C)(C)C.O=[N+]([O-])c1cc(Br)ccc1F.[Fe]. The summed E-state index contributed by atoms with van der Waals surface area (Å²) >= 11 is 18.1. The molecule has 6 aliphatic rings. The first kappa shape index (κ1) is 102. The van der Waals surface area contributed by atoms with Gasteiger partial charge in [0.2, 0.25) is 11.1 Å².